The molecule has 2 heterocycles. The van der Waals surface area contributed by atoms with Crippen LogP contribution in [0.3, 0.4) is 0 Å². The summed E-state index contributed by atoms with van der Waals surface area (Å²) in [5.41, 5.74) is 3.19. The van der Waals surface area contributed by atoms with Gasteiger partial charge in [0.05, 0.1) is 12.0 Å². The maximum Gasteiger partial charge on any atom is 0.413 e. The fraction of sp³-hybridized carbons (Fsp3) is 0.381. The first-order chi connectivity index (χ1) is 12.0. The molecule has 4 atom stereocenters. The van der Waals surface area contributed by atoms with Crippen molar-refractivity contribution < 1.29 is 14.3 Å². The van der Waals surface area contributed by atoms with Crippen LogP contribution in [0.25, 0.3) is 0 Å². The van der Waals surface area contributed by atoms with Gasteiger partial charge in [0, 0.05) is 11.5 Å². The molecule has 1 aliphatic carbocycles. The van der Waals surface area contributed by atoms with Gasteiger partial charge in [-0.2, -0.15) is 0 Å². The van der Waals surface area contributed by atoms with Crippen LogP contribution in [-0.4, -0.2) is 22.8 Å². The Hall–Kier alpha value is -2.49. The molecule has 0 aromatic heterocycles. The molecule has 25 heavy (non-hydrogen) atoms. The molecule has 4 bridgehead atoms. The minimum atomic E-state index is -0.528. The summed E-state index contributed by atoms with van der Waals surface area (Å²) < 4.78 is 12.0. The molecule has 4 nitrogen and oxygen atoms in total. The normalized spacial score (nSPS) is 28.2. The van der Waals surface area contributed by atoms with Crippen molar-refractivity contribution in [3.8, 4) is 5.75 Å². The van der Waals surface area contributed by atoms with Crippen LogP contribution in [0.15, 0.2) is 48.5 Å². The van der Waals surface area contributed by atoms with E-state index in [1.165, 1.54) is 16.7 Å². The van der Waals surface area contributed by atoms with Crippen molar-refractivity contribution in [2.75, 3.05) is 0 Å². The van der Waals surface area contributed by atoms with Crippen molar-refractivity contribution >= 4 is 6.09 Å². The molecule has 0 N–H and O–H groups in total. The van der Waals surface area contributed by atoms with Gasteiger partial charge < -0.3 is 9.47 Å². The lowest BCUT2D eigenvalue weighted by atomic mass is 9.85. The Bertz CT molecular complexity index is 869. The van der Waals surface area contributed by atoms with Crippen LogP contribution in [-0.2, 0) is 4.74 Å². The molecule has 1 saturated heterocycles. The van der Waals surface area contributed by atoms with Crippen molar-refractivity contribution in [1.82, 2.24) is 4.90 Å². The molecule has 2 aromatic carbocycles. The fourth-order valence-corrected chi connectivity index (χ4v) is 4.67. The Kier molecular flexibility index (Phi) is 2.83. The summed E-state index contributed by atoms with van der Waals surface area (Å²) in [6.45, 7) is 5.69. The number of carbonyl (C=O) groups is 1. The Morgan fingerprint density at radius 3 is 2.32 bits per heavy atom. The summed E-state index contributed by atoms with van der Waals surface area (Å²) in [4.78, 5) is 14.8. The van der Waals surface area contributed by atoms with Gasteiger partial charge in [-0.05, 0) is 38.0 Å². The number of amides is 1. The third-order valence-electron chi connectivity index (χ3n) is 5.41. The average Bonchev–Trinajstić information content (AvgIpc) is 3.01. The standard InChI is InChI=1S/C21H21NO3/c1-21(2,3)25-20(23)22-18-13-9-5-4-8-12(13)17-16(18)14-10-6-7-11-15(14)24-19(17)22/h4-11,16-19H,1-3H3/t16?,17-,18?,19?/m1/s1. The zero-order valence-corrected chi connectivity index (χ0v) is 14.6. The first-order valence-corrected chi connectivity index (χ1v) is 8.81. The highest BCUT2D eigenvalue weighted by Crippen LogP contribution is 2.65. The Morgan fingerprint density at radius 2 is 1.60 bits per heavy atom. The third-order valence-corrected chi connectivity index (χ3v) is 5.41. The van der Waals surface area contributed by atoms with Crippen molar-refractivity contribution in [2.45, 2.75) is 50.5 Å². The molecular formula is C21H21NO3. The summed E-state index contributed by atoms with van der Waals surface area (Å²) >= 11 is 0. The summed E-state index contributed by atoms with van der Waals surface area (Å²) in [5.74, 6) is 1.29. The molecule has 2 aromatic rings. The van der Waals surface area contributed by atoms with E-state index in [4.69, 9.17) is 9.47 Å². The highest BCUT2D eigenvalue weighted by atomic mass is 16.6. The zero-order valence-electron chi connectivity index (χ0n) is 14.6. The fourth-order valence-electron chi connectivity index (χ4n) is 4.67. The van der Waals surface area contributed by atoms with Crippen molar-refractivity contribution in [3.05, 3.63) is 65.2 Å². The van der Waals surface area contributed by atoms with Gasteiger partial charge in [0.25, 0.3) is 0 Å². The number of likely N-dealkylation sites (tertiary alicyclic amines) is 1. The second-order valence-corrected chi connectivity index (χ2v) is 8.06. The molecule has 0 spiro atoms. The Balaban J connectivity index is 1.65. The van der Waals surface area contributed by atoms with Gasteiger partial charge in [0.1, 0.15) is 11.4 Å². The lowest BCUT2D eigenvalue weighted by Crippen LogP contribution is -2.47. The summed E-state index contributed by atoms with van der Waals surface area (Å²) in [7, 11) is 0. The molecule has 0 radical (unpaired) electrons. The molecule has 3 aliphatic rings. The minimum Gasteiger partial charge on any atom is -0.469 e. The predicted molar refractivity (Wildman–Crippen MR) is 93.6 cm³/mol. The van der Waals surface area contributed by atoms with E-state index in [0.717, 1.165) is 5.75 Å². The molecule has 3 unspecified atom stereocenters. The van der Waals surface area contributed by atoms with E-state index in [1.54, 1.807) is 0 Å². The number of carbonyl (C=O) groups excluding carboxylic acids is 1. The lowest BCUT2D eigenvalue weighted by Gasteiger charge is -2.37. The molecule has 0 saturated carbocycles. The van der Waals surface area contributed by atoms with Crippen molar-refractivity contribution in [2.24, 2.45) is 0 Å². The maximum atomic E-state index is 13.0. The number of benzene rings is 2. The smallest absolute Gasteiger partial charge is 0.413 e. The minimum absolute atomic E-state index is 0.0234. The quantitative estimate of drug-likeness (QED) is 0.707. The van der Waals surface area contributed by atoms with Gasteiger partial charge in [0.2, 0.25) is 0 Å². The molecule has 128 valence electrons. The van der Waals surface area contributed by atoms with E-state index in [2.05, 4.69) is 24.3 Å². The summed E-state index contributed by atoms with van der Waals surface area (Å²) in [5, 5.41) is 0. The zero-order chi connectivity index (χ0) is 17.3. The van der Waals surface area contributed by atoms with Crippen molar-refractivity contribution in [3.63, 3.8) is 0 Å². The second-order valence-electron chi connectivity index (χ2n) is 8.06. The van der Waals surface area contributed by atoms with Gasteiger partial charge >= 0.3 is 6.09 Å². The monoisotopic (exact) mass is 335 g/mol. The molecule has 1 amide bonds. The summed E-state index contributed by atoms with van der Waals surface area (Å²) in [6, 6.07) is 16.5. The third kappa shape index (κ3) is 1.97. The Labute approximate surface area is 147 Å². The van der Waals surface area contributed by atoms with Gasteiger partial charge in [-0.15, -0.1) is 0 Å². The second kappa shape index (κ2) is 4.78. The number of hydrogen-bond acceptors (Lipinski definition) is 3. The number of para-hydroxylation sites is 1. The van der Waals surface area contributed by atoms with E-state index in [1.807, 2.05) is 49.9 Å². The molecule has 1 fully saturated rings. The average molecular weight is 335 g/mol. The van der Waals surface area contributed by atoms with Crippen LogP contribution in [0.1, 0.15) is 55.3 Å². The number of hydrogen-bond donors (Lipinski definition) is 0. The number of fused-ring (bicyclic) bond motifs is 3. The first-order valence-electron chi connectivity index (χ1n) is 8.81. The van der Waals surface area contributed by atoms with Gasteiger partial charge in [-0.25, -0.2) is 4.79 Å². The van der Waals surface area contributed by atoms with Crippen LogP contribution >= 0.6 is 0 Å². The van der Waals surface area contributed by atoms with Crippen LogP contribution in [0.5, 0.6) is 5.75 Å². The van der Waals surface area contributed by atoms with Crippen LogP contribution in [0.2, 0.25) is 0 Å². The highest BCUT2D eigenvalue weighted by Gasteiger charge is 2.63. The number of nitrogens with zero attached hydrogens (tertiary/aromatic N) is 1. The largest absolute Gasteiger partial charge is 0.469 e. The molecule has 5 rings (SSSR count). The van der Waals surface area contributed by atoms with Gasteiger partial charge in [-0.1, -0.05) is 42.5 Å². The number of ether oxygens (including phenoxy) is 2. The lowest BCUT2D eigenvalue weighted by molar-refractivity contribution is -0.0227. The summed E-state index contributed by atoms with van der Waals surface area (Å²) in [6.07, 6.45) is -0.591. The van der Waals surface area contributed by atoms with E-state index in [-0.39, 0.29) is 30.2 Å². The van der Waals surface area contributed by atoms with Gasteiger partial charge in [0.15, 0.2) is 6.23 Å². The van der Waals surface area contributed by atoms with E-state index < -0.39 is 5.60 Å². The van der Waals surface area contributed by atoms with Crippen LogP contribution in [0, 0.1) is 0 Å². The molecule has 4 heteroatoms. The molecule has 2 aliphatic heterocycles. The number of rotatable bonds is 0. The Morgan fingerprint density at radius 1 is 0.960 bits per heavy atom. The van der Waals surface area contributed by atoms with Crippen molar-refractivity contribution in [1.29, 1.82) is 0 Å². The topological polar surface area (TPSA) is 38.8 Å². The SMILES string of the molecule is CC(C)(C)OC(=O)N1C2c3ccccc3[C@@H]3C2c2ccccc2OC31. The van der Waals surface area contributed by atoms with E-state index >= 15 is 0 Å². The van der Waals surface area contributed by atoms with Gasteiger partial charge in [-0.3, -0.25) is 4.90 Å². The van der Waals surface area contributed by atoms with E-state index in [9.17, 15) is 4.79 Å². The predicted octanol–water partition coefficient (Wildman–Crippen LogP) is 4.58. The first kappa shape index (κ1) is 14.8. The van der Waals surface area contributed by atoms with E-state index in [0.29, 0.717) is 0 Å². The molecular weight excluding hydrogens is 314 g/mol. The van der Waals surface area contributed by atoms with Crippen LogP contribution < -0.4 is 4.74 Å². The van der Waals surface area contributed by atoms with Crippen LogP contribution in [0.4, 0.5) is 4.79 Å². The highest BCUT2D eigenvalue weighted by molar-refractivity contribution is 5.73. The maximum absolute atomic E-state index is 13.0.